The Labute approximate surface area is 118 Å². The molecular weight excluding hydrogens is 287 g/mol. The molecule has 1 fully saturated rings. The van der Waals surface area contributed by atoms with Crippen molar-refractivity contribution in [3.63, 3.8) is 0 Å². The molecule has 2 rings (SSSR count). The van der Waals surface area contributed by atoms with Gasteiger partial charge in [0.25, 0.3) is 5.91 Å². The maximum Gasteiger partial charge on any atom is 0.418 e. The average Bonchev–Trinajstić information content (AvgIpc) is 2.40. The third-order valence-corrected chi connectivity index (χ3v) is 3.22. The van der Waals surface area contributed by atoms with Crippen LogP contribution in [0, 0.1) is 0 Å². The molecule has 1 saturated heterocycles. The lowest BCUT2D eigenvalue weighted by Crippen LogP contribution is -2.47. The Balaban J connectivity index is 2.11. The van der Waals surface area contributed by atoms with E-state index in [9.17, 15) is 22.8 Å². The van der Waals surface area contributed by atoms with Crippen molar-refractivity contribution in [1.82, 2.24) is 10.6 Å². The van der Waals surface area contributed by atoms with Gasteiger partial charge in [-0.15, -0.1) is 0 Å². The number of halogens is 3. The molecule has 21 heavy (non-hydrogen) atoms. The summed E-state index contributed by atoms with van der Waals surface area (Å²) in [5, 5.41) is 5.17. The predicted molar refractivity (Wildman–Crippen MR) is 69.4 cm³/mol. The van der Waals surface area contributed by atoms with Gasteiger partial charge in [0.05, 0.1) is 5.56 Å². The molecule has 0 spiro atoms. The first-order chi connectivity index (χ1) is 9.77. The molecule has 1 aromatic carbocycles. The number of nitrogen functional groups attached to an aromatic ring is 1. The van der Waals surface area contributed by atoms with Gasteiger partial charge in [0.1, 0.15) is 0 Å². The molecule has 0 aromatic heterocycles. The third-order valence-electron chi connectivity index (χ3n) is 3.22. The SMILES string of the molecule is Nc1ccc(C(=O)NC2CCC(=O)NC2)cc1C(F)(F)F. The number of rotatable bonds is 2. The van der Waals surface area contributed by atoms with Crippen molar-refractivity contribution >= 4 is 17.5 Å². The number of anilines is 1. The average molecular weight is 301 g/mol. The van der Waals surface area contributed by atoms with E-state index in [1.807, 2.05) is 0 Å². The molecule has 0 radical (unpaired) electrons. The molecule has 2 amide bonds. The van der Waals surface area contributed by atoms with Crippen molar-refractivity contribution in [3.8, 4) is 0 Å². The minimum atomic E-state index is -4.61. The second-order valence-corrected chi connectivity index (χ2v) is 4.81. The highest BCUT2D eigenvalue weighted by Gasteiger charge is 2.33. The van der Waals surface area contributed by atoms with Gasteiger partial charge in [-0.05, 0) is 24.6 Å². The van der Waals surface area contributed by atoms with Gasteiger partial charge >= 0.3 is 6.18 Å². The minimum absolute atomic E-state index is 0.104. The van der Waals surface area contributed by atoms with E-state index in [1.54, 1.807) is 0 Å². The Bertz CT molecular complexity index is 562. The van der Waals surface area contributed by atoms with Crippen molar-refractivity contribution < 1.29 is 22.8 Å². The Morgan fingerprint density at radius 1 is 1.38 bits per heavy atom. The first kappa shape index (κ1) is 15.1. The summed E-state index contributed by atoms with van der Waals surface area (Å²) in [6.07, 6.45) is -3.88. The molecule has 1 atom stereocenters. The van der Waals surface area contributed by atoms with Crippen molar-refractivity contribution in [1.29, 1.82) is 0 Å². The lowest BCUT2D eigenvalue weighted by Gasteiger charge is -2.23. The fraction of sp³-hybridized carbons (Fsp3) is 0.385. The van der Waals surface area contributed by atoms with Crippen LogP contribution >= 0.6 is 0 Å². The van der Waals surface area contributed by atoms with Crippen molar-refractivity contribution in [2.75, 3.05) is 12.3 Å². The summed E-state index contributed by atoms with van der Waals surface area (Å²) < 4.78 is 38.2. The van der Waals surface area contributed by atoms with Gasteiger partial charge < -0.3 is 16.4 Å². The molecule has 0 bridgehead atoms. The van der Waals surface area contributed by atoms with Crippen LogP contribution in [-0.4, -0.2) is 24.4 Å². The molecule has 8 heteroatoms. The number of nitrogens with two attached hydrogens (primary N) is 1. The molecule has 1 unspecified atom stereocenters. The number of benzene rings is 1. The van der Waals surface area contributed by atoms with Gasteiger partial charge in [0.2, 0.25) is 5.91 Å². The molecule has 4 N–H and O–H groups in total. The van der Waals surface area contributed by atoms with Crippen LogP contribution in [0.2, 0.25) is 0 Å². The standard InChI is InChI=1S/C13H14F3N3O2/c14-13(15,16)9-5-7(1-3-10(9)17)12(21)19-8-2-4-11(20)18-6-8/h1,3,5,8H,2,4,6,17H2,(H,18,20)(H,19,21). The number of nitrogens with one attached hydrogen (secondary N) is 2. The number of hydrogen-bond acceptors (Lipinski definition) is 3. The highest BCUT2D eigenvalue weighted by atomic mass is 19.4. The fourth-order valence-electron chi connectivity index (χ4n) is 2.07. The van der Waals surface area contributed by atoms with Crippen LogP contribution in [0.15, 0.2) is 18.2 Å². The molecular formula is C13H14F3N3O2. The second-order valence-electron chi connectivity index (χ2n) is 4.81. The zero-order valence-electron chi connectivity index (χ0n) is 11.0. The Morgan fingerprint density at radius 2 is 2.10 bits per heavy atom. The Morgan fingerprint density at radius 3 is 2.67 bits per heavy atom. The molecule has 1 aromatic rings. The van der Waals surface area contributed by atoms with E-state index in [2.05, 4.69) is 10.6 Å². The van der Waals surface area contributed by atoms with Crippen LogP contribution in [-0.2, 0) is 11.0 Å². The number of alkyl halides is 3. The summed E-state index contributed by atoms with van der Waals surface area (Å²) in [4.78, 5) is 22.9. The van der Waals surface area contributed by atoms with Crippen molar-refractivity contribution in [2.24, 2.45) is 0 Å². The van der Waals surface area contributed by atoms with Gasteiger partial charge in [-0.3, -0.25) is 9.59 Å². The van der Waals surface area contributed by atoms with Crippen molar-refractivity contribution in [3.05, 3.63) is 29.3 Å². The summed E-state index contributed by atoms with van der Waals surface area (Å²) in [5.74, 6) is -0.728. The van der Waals surface area contributed by atoms with Crippen LogP contribution in [0.5, 0.6) is 0 Å². The van der Waals surface area contributed by atoms with Gasteiger partial charge in [-0.2, -0.15) is 13.2 Å². The van der Waals surface area contributed by atoms with E-state index in [0.717, 1.165) is 12.1 Å². The fourth-order valence-corrected chi connectivity index (χ4v) is 2.07. The first-order valence-electron chi connectivity index (χ1n) is 6.31. The van der Waals surface area contributed by atoms with Gasteiger partial charge in [-0.1, -0.05) is 0 Å². The summed E-state index contributed by atoms with van der Waals surface area (Å²) >= 11 is 0. The summed E-state index contributed by atoms with van der Waals surface area (Å²) in [6.45, 7) is 0.270. The lowest BCUT2D eigenvalue weighted by atomic mass is 10.0. The van der Waals surface area contributed by atoms with Crippen molar-refractivity contribution in [2.45, 2.75) is 25.1 Å². The summed E-state index contributed by atoms with van der Waals surface area (Å²) in [7, 11) is 0. The number of carbonyl (C=O) groups excluding carboxylic acids is 2. The maximum atomic E-state index is 12.7. The largest absolute Gasteiger partial charge is 0.418 e. The molecule has 5 nitrogen and oxygen atoms in total. The molecule has 1 aliphatic heterocycles. The van der Waals surface area contributed by atoms with Crippen LogP contribution < -0.4 is 16.4 Å². The highest BCUT2D eigenvalue weighted by molar-refractivity contribution is 5.95. The normalized spacial score (nSPS) is 19.0. The zero-order valence-corrected chi connectivity index (χ0v) is 11.0. The highest BCUT2D eigenvalue weighted by Crippen LogP contribution is 2.34. The Kier molecular flexibility index (Phi) is 4.06. The quantitative estimate of drug-likeness (QED) is 0.720. The van der Waals surface area contributed by atoms with Crippen LogP contribution in [0.25, 0.3) is 0 Å². The summed E-state index contributed by atoms with van der Waals surface area (Å²) in [5.41, 5.74) is 3.70. The predicted octanol–water partition coefficient (Wildman–Crippen LogP) is 1.30. The number of carbonyl (C=O) groups is 2. The monoisotopic (exact) mass is 301 g/mol. The van der Waals surface area contributed by atoms with E-state index >= 15 is 0 Å². The number of amides is 2. The lowest BCUT2D eigenvalue weighted by molar-refractivity contribution is -0.137. The third kappa shape index (κ3) is 3.65. The number of piperidine rings is 1. The van der Waals surface area contributed by atoms with E-state index < -0.39 is 23.3 Å². The van der Waals surface area contributed by atoms with Gasteiger partial charge in [-0.25, -0.2) is 0 Å². The summed E-state index contributed by atoms with van der Waals surface area (Å²) in [6, 6.07) is 2.73. The minimum Gasteiger partial charge on any atom is -0.398 e. The maximum absolute atomic E-state index is 12.7. The first-order valence-corrected chi connectivity index (χ1v) is 6.31. The Hall–Kier alpha value is -2.25. The van der Waals surface area contributed by atoms with E-state index in [-0.39, 0.29) is 30.5 Å². The topological polar surface area (TPSA) is 84.2 Å². The van der Waals surface area contributed by atoms with Gasteiger partial charge in [0, 0.05) is 30.3 Å². The molecule has 1 aliphatic rings. The smallest absolute Gasteiger partial charge is 0.398 e. The van der Waals surface area contributed by atoms with Gasteiger partial charge in [0.15, 0.2) is 0 Å². The second kappa shape index (κ2) is 5.63. The van der Waals surface area contributed by atoms with Crippen LogP contribution in [0.1, 0.15) is 28.8 Å². The molecule has 0 aliphatic carbocycles. The van der Waals surface area contributed by atoms with Crippen LogP contribution in [0.3, 0.4) is 0 Å². The van der Waals surface area contributed by atoms with Crippen LogP contribution in [0.4, 0.5) is 18.9 Å². The zero-order chi connectivity index (χ0) is 15.6. The molecule has 0 saturated carbocycles. The molecule has 1 heterocycles. The van der Waals surface area contributed by atoms with E-state index in [4.69, 9.17) is 5.73 Å². The number of hydrogen-bond donors (Lipinski definition) is 3. The van der Waals surface area contributed by atoms with E-state index in [0.29, 0.717) is 6.42 Å². The van der Waals surface area contributed by atoms with E-state index in [1.165, 1.54) is 6.07 Å². The molecule has 114 valence electrons.